The van der Waals surface area contributed by atoms with Gasteiger partial charge in [-0.05, 0) is 25.7 Å². The first-order valence-electron chi connectivity index (χ1n) is 29.3. The SMILES string of the molecule is CCCCCCCCCCCCCCC(=O)OCCCCCCCCCCCCCCCCCCCCCCCCCCCC(=O)NC(CO)C(O)CCCCCCCCCCCC. The second kappa shape index (κ2) is 54.5. The topological polar surface area (TPSA) is 95.9 Å². The molecule has 0 rings (SSSR count). The Bertz CT molecular complexity index is 913. The van der Waals surface area contributed by atoms with Crippen molar-refractivity contribution in [3.63, 3.8) is 0 Å². The number of aliphatic hydroxyl groups is 2. The van der Waals surface area contributed by atoms with Crippen molar-refractivity contribution >= 4 is 11.9 Å². The van der Waals surface area contributed by atoms with E-state index in [4.69, 9.17) is 4.74 Å². The van der Waals surface area contributed by atoms with Crippen molar-refractivity contribution in [1.29, 1.82) is 0 Å². The number of esters is 1. The maximum atomic E-state index is 12.4. The van der Waals surface area contributed by atoms with Gasteiger partial charge in [0.1, 0.15) is 0 Å². The standard InChI is InChI=1S/C58H115NO5/c1-3-5-7-9-11-13-15-32-36-40-44-48-52-58(63)64-53-49-45-41-37-33-30-28-26-24-22-20-18-16-17-19-21-23-25-27-29-31-35-39-43-47-51-57(62)59-55(54-60)56(61)50-46-42-38-34-14-12-10-8-6-4-2/h55-56,60-61H,3-54H2,1-2H3,(H,59,62). The van der Waals surface area contributed by atoms with E-state index in [1.165, 1.54) is 263 Å². The number of unbranched alkanes of at least 4 members (excludes halogenated alkanes) is 44. The van der Waals surface area contributed by atoms with Crippen LogP contribution in [-0.4, -0.2) is 47.4 Å². The molecule has 0 aromatic rings. The fourth-order valence-corrected chi connectivity index (χ4v) is 9.41. The summed E-state index contributed by atoms with van der Waals surface area (Å²) >= 11 is 0. The van der Waals surface area contributed by atoms with Gasteiger partial charge in [-0.15, -0.1) is 0 Å². The van der Waals surface area contributed by atoms with Gasteiger partial charge >= 0.3 is 5.97 Å². The normalized spacial score (nSPS) is 12.5. The Morgan fingerprint density at radius 2 is 0.641 bits per heavy atom. The van der Waals surface area contributed by atoms with Crippen molar-refractivity contribution in [2.75, 3.05) is 13.2 Å². The quantitative estimate of drug-likeness (QED) is 0.0417. The fourth-order valence-electron chi connectivity index (χ4n) is 9.41. The van der Waals surface area contributed by atoms with Crippen LogP contribution in [-0.2, 0) is 14.3 Å². The summed E-state index contributed by atoms with van der Waals surface area (Å²) < 4.78 is 5.47. The summed E-state index contributed by atoms with van der Waals surface area (Å²) in [4.78, 5) is 24.4. The van der Waals surface area contributed by atoms with E-state index in [1.807, 2.05) is 0 Å². The van der Waals surface area contributed by atoms with Crippen molar-refractivity contribution in [3.05, 3.63) is 0 Å². The predicted molar refractivity (Wildman–Crippen MR) is 278 cm³/mol. The van der Waals surface area contributed by atoms with E-state index in [9.17, 15) is 19.8 Å². The summed E-state index contributed by atoms with van der Waals surface area (Å²) in [5.41, 5.74) is 0. The third-order valence-electron chi connectivity index (χ3n) is 13.9. The first-order chi connectivity index (χ1) is 31.5. The number of rotatable bonds is 55. The lowest BCUT2D eigenvalue weighted by Crippen LogP contribution is -2.45. The second-order valence-electron chi connectivity index (χ2n) is 20.3. The summed E-state index contributed by atoms with van der Waals surface area (Å²) in [6, 6.07) is -0.537. The Balaban J connectivity index is 3.32. The number of aliphatic hydroxyl groups excluding tert-OH is 2. The Labute approximate surface area is 400 Å². The van der Waals surface area contributed by atoms with Gasteiger partial charge < -0.3 is 20.3 Å². The molecule has 64 heavy (non-hydrogen) atoms. The van der Waals surface area contributed by atoms with Gasteiger partial charge in [-0.25, -0.2) is 0 Å². The highest BCUT2D eigenvalue weighted by Gasteiger charge is 2.20. The fraction of sp³-hybridized carbons (Fsp3) is 0.966. The van der Waals surface area contributed by atoms with Crippen molar-refractivity contribution in [2.45, 2.75) is 347 Å². The van der Waals surface area contributed by atoms with Crippen LogP contribution in [0, 0.1) is 0 Å². The molecule has 0 radical (unpaired) electrons. The lowest BCUT2D eigenvalue weighted by atomic mass is 10.0. The number of hydrogen-bond acceptors (Lipinski definition) is 5. The van der Waals surface area contributed by atoms with Crippen LogP contribution in [0.1, 0.15) is 335 Å². The number of hydrogen-bond donors (Lipinski definition) is 3. The minimum absolute atomic E-state index is 0.0176. The minimum atomic E-state index is -0.659. The molecule has 382 valence electrons. The highest BCUT2D eigenvalue weighted by Crippen LogP contribution is 2.18. The summed E-state index contributed by atoms with van der Waals surface area (Å²) in [7, 11) is 0. The van der Waals surface area contributed by atoms with Gasteiger partial charge in [0.15, 0.2) is 0 Å². The van der Waals surface area contributed by atoms with Crippen LogP contribution in [0.4, 0.5) is 0 Å². The van der Waals surface area contributed by atoms with Crippen LogP contribution < -0.4 is 5.32 Å². The van der Waals surface area contributed by atoms with Gasteiger partial charge in [-0.2, -0.15) is 0 Å². The Hall–Kier alpha value is -1.14. The molecule has 3 N–H and O–H groups in total. The summed E-state index contributed by atoms with van der Waals surface area (Å²) in [5.74, 6) is -0.0155. The number of carbonyl (C=O) groups excluding carboxylic acids is 2. The first-order valence-corrected chi connectivity index (χ1v) is 29.3. The van der Waals surface area contributed by atoms with Gasteiger partial charge in [0.2, 0.25) is 5.91 Å². The molecule has 0 saturated heterocycles. The third-order valence-corrected chi connectivity index (χ3v) is 13.9. The number of ether oxygens (including phenoxy) is 1. The average Bonchev–Trinajstić information content (AvgIpc) is 3.29. The van der Waals surface area contributed by atoms with Crippen LogP contribution >= 0.6 is 0 Å². The molecule has 0 aliphatic rings. The first kappa shape index (κ1) is 62.9. The number of nitrogens with one attached hydrogen (secondary N) is 1. The summed E-state index contributed by atoms with van der Waals surface area (Å²) in [6.45, 7) is 4.96. The van der Waals surface area contributed by atoms with Crippen LogP contribution in [0.2, 0.25) is 0 Å². The molecule has 0 aliphatic heterocycles. The lowest BCUT2D eigenvalue weighted by molar-refractivity contribution is -0.143. The van der Waals surface area contributed by atoms with E-state index in [0.29, 0.717) is 25.9 Å². The van der Waals surface area contributed by atoms with Crippen LogP contribution in [0.15, 0.2) is 0 Å². The molecule has 0 fully saturated rings. The smallest absolute Gasteiger partial charge is 0.305 e. The van der Waals surface area contributed by atoms with Gasteiger partial charge in [0.25, 0.3) is 0 Å². The van der Waals surface area contributed by atoms with E-state index in [-0.39, 0.29) is 18.5 Å². The lowest BCUT2D eigenvalue weighted by Gasteiger charge is -2.22. The molecule has 6 heteroatoms. The summed E-state index contributed by atoms with van der Waals surface area (Å²) in [5, 5.41) is 23.1. The Morgan fingerprint density at radius 1 is 0.375 bits per heavy atom. The molecule has 0 spiro atoms. The molecule has 0 bridgehead atoms. The zero-order valence-corrected chi connectivity index (χ0v) is 43.5. The maximum absolute atomic E-state index is 12.4. The highest BCUT2D eigenvalue weighted by atomic mass is 16.5. The molecular formula is C58H115NO5. The predicted octanol–water partition coefficient (Wildman–Crippen LogP) is 17.9. The molecule has 0 aromatic heterocycles. The molecule has 2 unspecified atom stereocenters. The maximum Gasteiger partial charge on any atom is 0.305 e. The third kappa shape index (κ3) is 50.3. The monoisotopic (exact) mass is 906 g/mol. The number of amides is 1. The Morgan fingerprint density at radius 3 is 0.953 bits per heavy atom. The Kier molecular flexibility index (Phi) is 53.5. The van der Waals surface area contributed by atoms with Gasteiger partial charge in [-0.1, -0.05) is 296 Å². The molecule has 0 aliphatic carbocycles. The highest BCUT2D eigenvalue weighted by molar-refractivity contribution is 5.76. The zero-order chi connectivity index (χ0) is 46.5. The van der Waals surface area contributed by atoms with Crippen LogP contribution in [0.25, 0.3) is 0 Å². The van der Waals surface area contributed by atoms with E-state index in [0.717, 1.165) is 38.5 Å². The van der Waals surface area contributed by atoms with E-state index in [2.05, 4.69) is 19.2 Å². The molecule has 2 atom stereocenters. The number of carbonyl (C=O) groups is 2. The largest absolute Gasteiger partial charge is 0.466 e. The van der Waals surface area contributed by atoms with Crippen LogP contribution in [0.5, 0.6) is 0 Å². The minimum Gasteiger partial charge on any atom is -0.466 e. The zero-order valence-electron chi connectivity index (χ0n) is 43.5. The summed E-state index contributed by atoms with van der Waals surface area (Å²) in [6.07, 6.45) is 62.6. The van der Waals surface area contributed by atoms with E-state index >= 15 is 0 Å². The van der Waals surface area contributed by atoms with Crippen molar-refractivity contribution < 1.29 is 24.5 Å². The second-order valence-corrected chi connectivity index (χ2v) is 20.3. The van der Waals surface area contributed by atoms with E-state index in [1.54, 1.807) is 0 Å². The van der Waals surface area contributed by atoms with Gasteiger partial charge in [0.05, 0.1) is 25.4 Å². The van der Waals surface area contributed by atoms with Gasteiger partial charge in [0, 0.05) is 12.8 Å². The molecule has 1 amide bonds. The molecule has 0 saturated carbocycles. The van der Waals surface area contributed by atoms with Crippen molar-refractivity contribution in [3.8, 4) is 0 Å². The van der Waals surface area contributed by atoms with E-state index < -0.39 is 12.1 Å². The van der Waals surface area contributed by atoms with Crippen molar-refractivity contribution in [2.24, 2.45) is 0 Å². The molecular weight excluding hydrogens is 791 g/mol. The molecule has 0 aromatic carbocycles. The van der Waals surface area contributed by atoms with Gasteiger partial charge in [-0.3, -0.25) is 9.59 Å². The molecule has 0 heterocycles. The van der Waals surface area contributed by atoms with Crippen LogP contribution in [0.3, 0.4) is 0 Å². The van der Waals surface area contributed by atoms with Crippen molar-refractivity contribution in [1.82, 2.24) is 5.32 Å². The molecule has 6 nitrogen and oxygen atoms in total. The average molecular weight is 907 g/mol.